The number of anilines is 1. The lowest BCUT2D eigenvalue weighted by Gasteiger charge is -2.16. The molecule has 0 radical (unpaired) electrons. The minimum Gasteiger partial charge on any atom is -0.458 e. The minimum atomic E-state index is -0.0902. The first-order chi connectivity index (χ1) is 9.81. The molecule has 2 amide bonds. The first-order valence-corrected chi connectivity index (χ1v) is 7.22. The molecule has 104 valence electrons. The Kier molecular flexibility index (Phi) is 3.78. The van der Waals surface area contributed by atoms with Crippen LogP contribution in [0, 0.1) is 0 Å². The van der Waals surface area contributed by atoms with Crippen LogP contribution >= 0.6 is 11.3 Å². The maximum absolute atomic E-state index is 12.0. The third-order valence-electron chi connectivity index (χ3n) is 3.00. The number of urea groups is 1. The molecule has 1 N–H and O–H groups in total. The highest BCUT2D eigenvalue weighted by molar-refractivity contribution is 7.14. The van der Waals surface area contributed by atoms with Crippen molar-refractivity contribution in [3.05, 3.63) is 36.0 Å². The van der Waals surface area contributed by atoms with Crippen LogP contribution in [0.15, 0.2) is 36.0 Å². The highest BCUT2D eigenvalue weighted by atomic mass is 32.1. The van der Waals surface area contributed by atoms with Gasteiger partial charge in [-0.1, -0.05) is 0 Å². The molecule has 1 saturated heterocycles. The van der Waals surface area contributed by atoms with Gasteiger partial charge in [0, 0.05) is 25.4 Å². The number of thiophene rings is 1. The van der Waals surface area contributed by atoms with Gasteiger partial charge in [0.2, 0.25) is 0 Å². The minimum absolute atomic E-state index is 0.0496. The van der Waals surface area contributed by atoms with Gasteiger partial charge >= 0.3 is 12.0 Å². The van der Waals surface area contributed by atoms with Gasteiger partial charge in [0.25, 0.3) is 0 Å². The summed E-state index contributed by atoms with van der Waals surface area (Å²) in [5.74, 6) is 0. The van der Waals surface area contributed by atoms with Crippen molar-refractivity contribution in [2.24, 2.45) is 0 Å². The van der Waals surface area contributed by atoms with Crippen molar-refractivity contribution in [2.75, 3.05) is 18.4 Å². The summed E-state index contributed by atoms with van der Waals surface area (Å²) >= 11 is 1.50. The average molecular weight is 290 g/mol. The summed E-state index contributed by atoms with van der Waals surface area (Å²) in [7, 11) is 0. The van der Waals surface area contributed by atoms with Gasteiger partial charge in [-0.2, -0.15) is 0 Å². The normalized spacial score (nSPS) is 18.0. The largest absolute Gasteiger partial charge is 0.458 e. The van der Waals surface area contributed by atoms with E-state index < -0.39 is 0 Å². The molecule has 3 heterocycles. The molecular formula is C13H14N4O2S. The van der Waals surface area contributed by atoms with Crippen molar-refractivity contribution in [1.29, 1.82) is 0 Å². The van der Waals surface area contributed by atoms with Crippen LogP contribution in [0.25, 0.3) is 0 Å². The third-order valence-corrected chi connectivity index (χ3v) is 3.78. The lowest BCUT2D eigenvalue weighted by molar-refractivity contribution is 0.184. The van der Waals surface area contributed by atoms with Crippen molar-refractivity contribution in [3.8, 4) is 6.01 Å². The highest BCUT2D eigenvalue weighted by Crippen LogP contribution is 2.19. The van der Waals surface area contributed by atoms with E-state index >= 15 is 0 Å². The summed E-state index contributed by atoms with van der Waals surface area (Å²) in [4.78, 5) is 21.8. The second-order valence-electron chi connectivity index (χ2n) is 4.41. The topological polar surface area (TPSA) is 67.4 Å². The van der Waals surface area contributed by atoms with Crippen LogP contribution < -0.4 is 10.1 Å². The van der Waals surface area contributed by atoms with Crippen molar-refractivity contribution < 1.29 is 9.53 Å². The number of nitrogens with zero attached hydrogens (tertiary/aromatic N) is 3. The summed E-state index contributed by atoms with van der Waals surface area (Å²) in [5, 5.41) is 5.65. The maximum Gasteiger partial charge on any atom is 0.322 e. The fourth-order valence-corrected chi connectivity index (χ4v) is 2.65. The fraction of sp³-hybridized carbons (Fsp3) is 0.308. The molecule has 1 fully saturated rings. The van der Waals surface area contributed by atoms with E-state index in [1.54, 1.807) is 23.4 Å². The zero-order valence-electron chi connectivity index (χ0n) is 10.7. The first-order valence-electron chi connectivity index (χ1n) is 6.34. The molecule has 1 aliphatic rings. The lowest BCUT2D eigenvalue weighted by atomic mass is 10.3. The number of carbonyl (C=O) groups is 1. The van der Waals surface area contributed by atoms with Crippen LogP contribution in [0.5, 0.6) is 6.01 Å². The molecule has 0 aromatic carbocycles. The zero-order chi connectivity index (χ0) is 13.8. The first kappa shape index (κ1) is 12.9. The molecule has 0 spiro atoms. The molecule has 2 aromatic heterocycles. The summed E-state index contributed by atoms with van der Waals surface area (Å²) in [6.07, 6.45) is 4.01. The van der Waals surface area contributed by atoms with Gasteiger partial charge in [0.1, 0.15) is 6.10 Å². The summed E-state index contributed by atoms with van der Waals surface area (Å²) in [6.45, 7) is 1.23. The van der Waals surface area contributed by atoms with Crippen molar-refractivity contribution >= 4 is 22.4 Å². The lowest BCUT2D eigenvalue weighted by Crippen LogP contribution is -2.34. The summed E-state index contributed by atoms with van der Waals surface area (Å²) < 4.78 is 5.65. The zero-order valence-corrected chi connectivity index (χ0v) is 11.5. The molecule has 1 atom stereocenters. The molecule has 0 aliphatic carbocycles. The number of rotatable bonds is 3. The Hall–Kier alpha value is -2.15. The Balaban J connectivity index is 1.53. The van der Waals surface area contributed by atoms with Crippen LogP contribution in [-0.2, 0) is 0 Å². The SMILES string of the molecule is O=C(Nc1cccs1)N1CC[C@@H](Oc2ncccn2)C1. The molecule has 0 bridgehead atoms. The van der Waals surface area contributed by atoms with Gasteiger partial charge < -0.3 is 9.64 Å². The Morgan fingerprint density at radius 2 is 2.25 bits per heavy atom. The number of aromatic nitrogens is 2. The van der Waals surface area contributed by atoms with Gasteiger partial charge in [-0.15, -0.1) is 11.3 Å². The van der Waals surface area contributed by atoms with Crippen LogP contribution in [0.3, 0.4) is 0 Å². The smallest absolute Gasteiger partial charge is 0.322 e. The molecule has 3 rings (SSSR count). The number of hydrogen-bond acceptors (Lipinski definition) is 5. The van der Waals surface area contributed by atoms with Gasteiger partial charge in [-0.05, 0) is 23.6 Å². The molecule has 6 nitrogen and oxygen atoms in total. The van der Waals surface area contributed by atoms with Gasteiger partial charge in [0.05, 0.1) is 11.5 Å². The summed E-state index contributed by atoms with van der Waals surface area (Å²) in [6, 6.07) is 5.79. The molecule has 1 aliphatic heterocycles. The van der Waals surface area contributed by atoms with Crippen LogP contribution in [-0.4, -0.2) is 40.1 Å². The standard InChI is InChI=1S/C13H14N4O2S/c18-13(16-11-3-1-8-20-11)17-7-4-10(9-17)19-12-14-5-2-6-15-12/h1-3,5-6,8,10H,4,7,9H2,(H,16,18)/t10-/m1/s1. The number of ether oxygens (including phenoxy) is 1. The monoisotopic (exact) mass is 290 g/mol. The number of nitrogens with one attached hydrogen (secondary N) is 1. The van der Waals surface area contributed by atoms with Crippen molar-refractivity contribution in [1.82, 2.24) is 14.9 Å². The number of hydrogen-bond donors (Lipinski definition) is 1. The predicted molar refractivity (Wildman–Crippen MR) is 76.0 cm³/mol. The Morgan fingerprint density at radius 1 is 1.40 bits per heavy atom. The van der Waals surface area contributed by atoms with Gasteiger partial charge in [-0.25, -0.2) is 14.8 Å². The molecule has 2 aromatic rings. The van der Waals surface area contributed by atoms with E-state index in [0.29, 0.717) is 19.1 Å². The number of amides is 2. The van der Waals surface area contributed by atoms with Crippen LogP contribution in [0.2, 0.25) is 0 Å². The van der Waals surface area contributed by atoms with Crippen LogP contribution in [0.4, 0.5) is 9.80 Å². The quantitative estimate of drug-likeness (QED) is 0.941. The van der Waals surface area contributed by atoms with E-state index in [2.05, 4.69) is 15.3 Å². The second kappa shape index (κ2) is 5.87. The predicted octanol–water partition coefficient (Wildman–Crippen LogP) is 2.22. The van der Waals surface area contributed by atoms with Crippen LogP contribution in [0.1, 0.15) is 6.42 Å². The molecule has 7 heteroatoms. The van der Waals surface area contributed by atoms with E-state index in [9.17, 15) is 4.79 Å². The molecule has 0 saturated carbocycles. The van der Waals surface area contributed by atoms with E-state index in [0.717, 1.165) is 11.4 Å². The Labute approximate surface area is 120 Å². The Bertz CT molecular complexity index is 561. The second-order valence-corrected chi connectivity index (χ2v) is 5.36. The summed E-state index contributed by atoms with van der Waals surface area (Å²) in [5.41, 5.74) is 0. The molecule has 20 heavy (non-hydrogen) atoms. The number of carbonyl (C=O) groups excluding carboxylic acids is 1. The maximum atomic E-state index is 12.0. The van der Waals surface area contributed by atoms with Crippen molar-refractivity contribution in [2.45, 2.75) is 12.5 Å². The van der Waals surface area contributed by atoms with Gasteiger partial charge in [-0.3, -0.25) is 5.32 Å². The third kappa shape index (κ3) is 3.05. The van der Waals surface area contributed by atoms with E-state index in [4.69, 9.17) is 4.74 Å². The molecular weight excluding hydrogens is 276 g/mol. The average Bonchev–Trinajstić information content (AvgIpc) is 3.11. The van der Waals surface area contributed by atoms with E-state index in [1.165, 1.54) is 11.3 Å². The van der Waals surface area contributed by atoms with E-state index in [1.807, 2.05) is 17.5 Å². The fourth-order valence-electron chi connectivity index (χ4n) is 2.04. The van der Waals surface area contributed by atoms with Gasteiger partial charge in [0.15, 0.2) is 0 Å². The molecule has 0 unspecified atom stereocenters. The van der Waals surface area contributed by atoms with Crippen molar-refractivity contribution in [3.63, 3.8) is 0 Å². The number of likely N-dealkylation sites (tertiary alicyclic amines) is 1. The highest BCUT2D eigenvalue weighted by Gasteiger charge is 2.28. The van der Waals surface area contributed by atoms with E-state index in [-0.39, 0.29) is 12.1 Å². The Morgan fingerprint density at radius 3 is 3.00 bits per heavy atom.